The van der Waals surface area contributed by atoms with Gasteiger partial charge in [0.25, 0.3) is 45.5 Å². The molecule has 5 saturated carbocycles. The van der Waals surface area contributed by atoms with E-state index in [-0.39, 0.29) is 99.8 Å². The van der Waals surface area contributed by atoms with Crippen LogP contribution in [0.4, 0.5) is 29.1 Å². The lowest BCUT2D eigenvalue weighted by Crippen LogP contribution is -2.26. The molecule has 0 spiro atoms. The number of pyridine rings is 5. The Bertz CT molecular complexity index is 8990. The molecular weight excluding hydrogens is 2010 g/mol. The molecule has 0 aliphatic heterocycles. The molecule has 3 amide bonds. The molecule has 148 heavy (non-hydrogen) atoms. The van der Waals surface area contributed by atoms with Gasteiger partial charge in [-0.2, -0.15) is 20.6 Å². The predicted molar refractivity (Wildman–Crippen MR) is 571 cm³/mol. The number of rotatable bonds is 23. The van der Waals surface area contributed by atoms with Gasteiger partial charge < -0.3 is 76.2 Å². The third kappa shape index (κ3) is 18.6. The molecule has 748 valence electrons. The van der Waals surface area contributed by atoms with E-state index in [4.69, 9.17) is 81.1 Å². The van der Waals surface area contributed by atoms with Crippen molar-refractivity contribution < 1.29 is 14.4 Å². The van der Waals surface area contributed by atoms with Gasteiger partial charge in [0, 0.05) is 78.1 Å². The molecule has 5 aliphatic rings. The predicted octanol–water partition coefficient (Wildman–Crippen LogP) is 18.4. The minimum absolute atomic E-state index is 0.0524. The van der Waals surface area contributed by atoms with Crippen LogP contribution in [-0.4, -0.2) is 138 Å². The number of hydrogen-bond donors (Lipinski definition) is 13. The average molecular weight is 2100 g/mol. The molecular formula is C102H90Cl6N32O8. The van der Waals surface area contributed by atoms with Crippen LogP contribution in [0.15, 0.2) is 189 Å². The van der Waals surface area contributed by atoms with Crippen molar-refractivity contribution in [2.75, 3.05) is 33.6 Å². The molecule has 40 nitrogen and oxygen atoms in total. The number of benzene rings is 5. The van der Waals surface area contributed by atoms with Crippen molar-refractivity contribution in [2.45, 2.75) is 159 Å². The van der Waals surface area contributed by atoms with Gasteiger partial charge in [0.15, 0.2) is 16.9 Å². The summed E-state index contributed by atoms with van der Waals surface area (Å²) in [4.78, 5) is 150. The highest BCUT2D eigenvalue weighted by molar-refractivity contribution is 6.38. The molecule has 15 aromatic heterocycles. The normalized spacial score (nSPS) is 14.9. The van der Waals surface area contributed by atoms with Gasteiger partial charge in [-0.3, -0.25) is 53.7 Å². The quantitative estimate of drug-likeness (QED) is 0.0283. The summed E-state index contributed by atoms with van der Waals surface area (Å²) in [6.45, 7) is 9.82. The maximum absolute atomic E-state index is 13.3. The number of primary amides is 2. The number of carbonyl (C=O) groups is 3. The van der Waals surface area contributed by atoms with E-state index in [0.717, 1.165) is 120 Å². The summed E-state index contributed by atoms with van der Waals surface area (Å²) in [5.74, 6) is 1.02. The summed E-state index contributed by atoms with van der Waals surface area (Å²) in [6, 6.07) is 39.0. The SMILES string of the molecule is CNC(=O)c1c[nH]c2ncnc(N[C@@H](C)c3cc4cccc(Cl)c4c(=O)n3C3CC3)c12.C[C@H](Nc1ncnc2[nH]cc(C(N)=O)c12)c1cc2cccc(Cl)c2c(=O)n1C1CC1.C[C@H](Nc1ncnc2n[nH]c(C#N)c12)c1cc2cccc(Cl)c2c(=O)n1C1CC1.C[C@H](Nc1ncnc2n[nH]c(C(N)=O)c12)c1cc2cccc(Cl)c2c(=O)n1C1CC1.C[C@H](Nc1ncnc2n[nH]c(Cl)c12)c1cc2cccc(Cl)c2c(=O)n1C1CC1. The molecule has 5 fully saturated rings. The van der Waals surface area contributed by atoms with Crippen LogP contribution in [0.1, 0.15) is 225 Å². The molecule has 20 aromatic rings. The zero-order chi connectivity index (χ0) is 103. The van der Waals surface area contributed by atoms with E-state index in [9.17, 15) is 43.6 Å². The van der Waals surface area contributed by atoms with Gasteiger partial charge in [-0.15, -0.1) is 0 Å². The van der Waals surface area contributed by atoms with Crippen LogP contribution in [0.3, 0.4) is 0 Å². The number of carbonyl (C=O) groups excluding carboxylic acids is 3. The Labute approximate surface area is 866 Å². The van der Waals surface area contributed by atoms with Gasteiger partial charge in [-0.25, -0.2) is 49.8 Å². The van der Waals surface area contributed by atoms with Crippen molar-refractivity contribution in [3.05, 3.63) is 298 Å². The Morgan fingerprint density at radius 3 is 0.946 bits per heavy atom. The van der Waals surface area contributed by atoms with Crippen LogP contribution < -0.4 is 71.2 Å². The fraction of sp³-hybridized carbons (Fsp3) is 0.255. The number of nitrogens with one attached hydrogen (secondary N) is 11. The lowest BCUT2D eigenvalue weighted by atomic mass is 10.1. The van der Waals surface area contributed by atoms with E-state index in [0.29, 0.717) is 158 Å². The van der Waals surface area contributed by atoms with Crippen LogP contribution in [0.2, 0.25) is 30.3 Å². The first kappa shape index (κ1) is 97.7. The first-order valence-corrected chi connectivity index (χ1v) is 49.9. The van der Waals surface area contributed by atoms with Crippen molar-refractivity contribution in [3.8, 4) is 6.07 Å². The summed E-state index contributed by atoms with van der Waals surface area (Å²) in [5.41, 5.74) is 18.3. The lowest BCUT2D eigenvalue weighted by Gasteiger charge is -2.21. The Morgan fingerprint density at radius 2 is 0.635 bits per heavy atom. The molecule has 0 saturated heterocycles. The smallest absolute Gasteiger partial charge is 0.267 e. The molecule has 15 heterocycles. The summed E-state index contributed by atoms with van der Waals surface area (Å²) < 4.78 is 9.19. The van der Waals surface area contributed by atoms with E-state index in [2.05, 4.69) is 128 Å². The van der Waals surface area contributed by atoms with Crippen molar-refractivity contribution in [2.24, 2.45) is 11.5 Å². The summed E-state index contributed by atoms with van der Waals surface area (Å²) in [6.07, 6.45) is 19.8. The van der Waals surface area contributed by atoms with Crippen molar-refractivity contribution in [1.29, 1.82) is 5.26 Å². The Morgan fingerprint density at radius 1 is 0.358 bits per heavy atom. The van der Waals surface area contributed by atoms with E-state index in [1.807, 2.05) is 148 Å². The number of halogens is 6. The minimum Gasteiger partial charge on any atom is -0.366 e. The van der Waals surface area contributed by atoms with Gasteiger partial charge in [-0.1, -0.05) is 130 Å². The standard InChI is InChI=1S/C22H21ClN6O2.C21H19ClN6O2.C20H18ClN7O2.C20H16ClN7O.C19H16Cl2N6O/c1-11(28-20-18-14(21(30)24-2)9-25-19(18)26-10-27-20)16-8-12-4-3-5-15(23)17(12)22(31)29(16)13-6-7-13;1-10(27-20-17-13(18(23)29)8-24-19(17)25-9-26-20)15-7-11-3-2-4-14(22)16(11)21(30)28(15)12-5-6-12;1-9(25-18-15-16(17(22)29)26-27-19(15)24-8-23-18)13-7-10-3-2-4-12(21)14(10)20(30)28(13)11-5-6-11;1-10(25-18-17-14(8-22)26-27-19(17)24-9-23-18)15-7-11-3-2-4-13(21)16(11)20(29)28(15)12-5-6-12;1-9(24-17-15-16(21)25-26-18(15)23-8-22-17)13-7-10-3-2-4-12(20)14(10)19(28)27(13)11-5-6-11/h3-5,8-11,13H,6-7H2,1-2H3,(H,24,30)(H2,25,26,27,28);2-4,7-10,12H,5-6H2,1H3,(H2,23,29)(H2,24,25,26,27);2-4,7-9,11H,5-6H2,1H3,(H2,22,29)(H2,23,24,25,26,27);2-4,7,9-10,12H,5-6H2,1H3,(H2,23,24,25,26,27);2-4,7-9,11H,5-6H2,1H3,(H2,22,23,24,25,26)/t11-;10-;9-;10-;9-/m00000/s1. The zero-order valence-corrected chi connectivity index (χ0v) is 84.2. The summed E-state index contributed by atoms with van der Waals surface area (Å²) >= 11 is 37.8. The Kier molecular flexibility index (Phi) is 26.4. The number of aromatic nitrogens is 23. The highest BCUT2D eigenvalue weighted by Crippen LogP contribution is 2.46. The Balaban J connectivity index is 0.000000108. The van der Waals surface area contributed by atoms with Crippen molar-refractivity contribution in [3.63, 3.8) is 0 Å². The van der Waals surface area contributed by atoms with Gasteiger partial charge in [0.1, 0.15) is 100 Å². The fourth-order valence-corrected chi connectivity index (χ4v) is 20.7. The van der Waals surface area contributed by atoms with Gasteiger partial charge in [0.05, 0.1) is 115 Å². The molecule has 25 rings (SSSR count). The molecule has 5 aromatic carbocycles. The number of nitriles is 1. The first-order valence-electron chi connectivity index (χ1n) is 47.6. The number of hydrogen-bond acceptors (Lipinski definition) is 27. The van der Waals surface area contributed by atoms with Crippen LogP contribution in [0, 0.1) is 11.3 Å². The third-order valence-electron chi connectivity index (χ3n) is 26.9. The largest absolute Gasteiger partial charge is 0.366 e. The zero-order valence-electron chi connectivity index (χ0n) is 79.6. The van der Waals surface area contributed by atoms with Gasteiger partial charge in [-0.05, 0) is 186 Å². The molecule has 0 radical (unpaired) electrons. The molecule has 0 bridgehead atoms. The number of nitrogens with zero attached hydrogens (tertiary/aromatic N) is 19. The minimum atomic E-state index is -0.654. The average Bonchev–Trinajstić information content (AvgIpc) is 1.55. The maximum Gasteiger partial charge on any atom is 0.267 e. The van der Waals surface area contributed by atoms with Crippen molar-refractivity contribution >= 4 is 225 Å². The second kappa shape index (κ2) is 39.9. The Hall–Kier alpha value is -16.3. The van der Waals surface area contributed by atoms with E-state index >= 15 is 0 Å². The van der Waals surface area contributed by atoms with E-state index in [1.54, 1.807) is 43.6 Å². The number of amides is 3. The van der Waals surface area contributed by atoms with Crippen LogP contribution in [0.5, 0.6) is 0 Å². The van der Waals surface area contributed by atoms with E-state index in [1.165, 1.54) is 37.8 Å². The second-order valence-corrected chi connectivity index (χ2v) is 39.4. The lowest BCUT2D eigenvalue weighted by molar-refractivity contribution is 0.0961. The molecule has 5 atom stereocenters. The molecule has 46 heteroatoms. The molecule has 0 unspecified atom stereocenters. The second-order valence-electron chi connectivity index (χ2n) is 36.9. The fourth-order valence-electron chi connectivity index (χ4n) is 19.1. The number of anilines is 5. The summed E-state index contributed by atoms with van der Waals surface area (Å²) in [7, 11) is 1.58. The highest BCUT2D eigenvalue weighted by atomic mass is 35.5. The number of H-pyrrole nitrogens is 5. The van der Waals surface area contributed by atoms with Gasteiger partial charge in [0.2, 0.25) is 0 Å². The van der Waals surface area contributed by atoms with Crippen LogP contribution >= 0.6 is 69.6 Å². The van der Waals surface area contributed by atoms with Crippen LogP contribution in [-0.2, 0) is 0 Å². The molecule has 5 aliphatic carbocycles. The third-order valence-corrected chi connectivity index (χ3v) is 28.7. The van der Waals surface area contributed by atoms with Crippen molar-refractivity contribution in [1.82, 2.24) is 119 Å². The monoisotopic (exact) mass is 2100 g/mol. The van der Waals surface area contributed by atoms with Crippen LogP contribution in [0.25, 0.3) is 109 Å². The maximum atomic E-state index is 13.3. The number of aromatic amines is 5. The highest BCUT2D eigenvalue weighted by Gasteiger charge is 2.37. The summed E-state index contributed by atoms with van der Waals surface area (Å²) in [5, 5.41) is 60.9. The first-order chi connectivity index (χ1) is 71.5. The molecule has 15 N–H and O–H groups in total. The topological polar surface area (TPSA) is 556 Å². The van der Waals surface area contributed by atoms with E-state index < -0.39 is 11.8 Å². The van der Waals surface area contributed by atoms with Gasteiger partial charge >= 0.3 is 0 Å². The number of nitrogens with two attached hydrogens (primary N) is 2. The number of fused-ring (bicyclic) bond motifs is 10.